The van der Waals surface area contributed by atoms with Gasteiger partial charge in [0.05, 0.1) is 23.9 Å². The molecule has 8 heteroatoms. The largest absolute Gasteiger partial charge is 0.493 e. The lowest BCUT2D eigenvalue weighted by Gasteiger charge is -2.27. The summed E-state index contributed by atoms with van der Waals surface area (Å²) in [5, 5.41) is 2.38. The average Bonchev–Trinajstić information content (AvgIpc) is 2.67. The van der Waals surface area contributed by atoms with Gasteiger partial charge >= 0.3 is 6.03 Å². The van der Waals surface area contributed by atoms with E-state index in [0.29, 0.717) is 17.1 Å². The number of hydrogen-bond donors (Lipinski definition) is 1. The van der Waals surface area contributed by atoms with Gasteiger partial charge in [-0.25, -0.2) is 9.69 Å². The number of amides is 4. The zero-order chi connectivity index (χ0) is 21.1. The minimum Gasteiger partial charge on any atom is -0.493 e. The third-order valence-corrected chi connectivity index (χ3v) is 4.38. The average molecular weight is 415 g/mol. The van der Waals surface area contributed by atoms with Gasteiger partial charge in [-0.3, -0.25) is 14.9 Å². The highest BCUT2D eigenvalue weighted by molar-refractivity contribution is 6.42. The number of nitrogens with one attached hydrogen (secondary N) is 1. The predicted octanol–water partition coefficient (Wildman–Crippen LogP) is 3.80. The van der Waals surface area contributed by atoms with Crippen LogP contribution < -0.4 is 19.7 Å². The molecule has 7 nitrogen and oxygen atoms in total. The Hall–Kier alpha value is -3.32. The van der Waals surface area contributed by atoms with E-state index in [2.05, 4.69) is 5.32 Å². The normalized spacial score (nSPS) is 15.7. The topological polar surface area (TPSA) is 84.9 Å². The molecule has 1 aliphatic heterocycles. The zero-order valence-electron chi connectivity index (χ0n) is 16.1. The molecule has 150 valence electrons. The Labute approximate surface area is 172 Å². The van der Waals surface area contributed by atoms with Crippen molar-refractivity contribution in [1.82, 2.24) is 5.32 Å². The minimum atomic E-state index is -0.858. The molecule has 1 aliphatic rings. The van der Waals surface area contributed by atoms with E-state index in [9.17, 15) is 14.4 Å². The Balaban J connectivity index is 2.00. The van der Waals surface area contributed by atoms with E-state index in [1.807, 2.05) is 13.8 Å². The Morgan fingerprint density at radius 1 is 1.07 bits per heavy atom. The maximum atomic E-state index is 12.9. The number of imide groups is 2. The molecule has 1 N–H and O–H groups in total. The fraction of sp³-hybridized carbons (Fsp3) is 0.190. The predicted molar refractivity (Wildman–Crippen MR) is 109 cm³/mol. The summed E-state index contributed by atoms with van der Waals surface area (Å²) in [7, 11) is 1.50. The molecular formula is C21H19ClN2O5. The van der Waals surface area contributed by atoms with Gasteiger partial charge in [-0.05, 0) is 49.8 Å². The lowest BCUT2D eigenvalue weighted by Crippen LogP contribution is -2.54. The molecule has 0 saturated carbocycles. The van der Waals surface area contributed by atoms with Crippen LogP contribution in [0.15, 0.2) is 48.0 Å². The first-order chi connectivity index (χ1) is 13.8. The highest BCUT2D eigenvalue weighted by Gasteiger charge is 2.37. The lowest BCUT2D eigenvalue weighted by molar-refractivity contribution is -0.122. The number of urea groups is 1. The minimum absolute atomic E-state index is 0.0472. The van der Waals surface area contributed by atoms with E-state index < -0.39 is 17.8 Å². The summed E-state index contributed by atoms with van der Waals surface area (Å²) in [6.45, 7) is 3.78. The highest BCUT2D eigenvalue weighted by Crippen LogP contribution is 2.31. The molecular weight excluding hydrogens is 396 g/mol. The van der Waals surface area contributed by atoms with Crippen molar-refractivity contribution in [3.63, 3.8) is 0 Å². The van der Waals surface area contributed by atoms with Gasteiger partial charge in [-0.1, -0.05) is 29.8 Å². The number of methoxy groups -OCH3 is 1. The van der Waals surface area contributed by atoms with Gasteiger partial charge in [0.25, 0.3) is 11.8 Å². The summed E-state index contributed by atoms with van der Waals surface area (Å²) in [5.41, 5.74) is 0.516. The lowest BCUT2D eigenvalue weighted by atomic mass is 10.1. The first-order valence-electron chi connectivity index (χ1n) is 8.82. The van der Waals surface area contributed by atoms with Gasteiger partial charge < -0.3 is 9.47 Å². The number of halogens is 1. The Bertz CT molecular complexity index is 1020. The number of ether oxygens (including phenoxy) is 2. The van der Waals surface area contributed by atoms with Crippen LogP contribution in [-0.4, -0.2) is 31.1 Å². The third kappa shape index (κ3) is 4.25. The fourth-order valence-electron chi connectivity index (χ4n) is 2.80. The van der Waals surface area contributed by atoms with Crippen LogP contribution in [0.1, 0.15) is 19.4 Å². The first kappa shape index (κ1) is 20.4. The first-order valence-corrected chi connectivity index (χ1v) is 9.20. The molecule has 2 aromatic carbocycles. The molecule has 4 amide bonds. The van der Waals surface area contributed by atoms with Gasteiger partial charge in [-0.2, -0.15) is 0 Å². The van der Waals surface area contributed by atoms with Crippen LogP contribution >= 0.6 is 11.6 Å². The number of carbonyl (C=O) groups excluding carboxylic acids is 3. The Kier molecular flexibility index (Phi) is 5.89. The maximum absolute atomic E-state index is 12.9. The molecule has 3 rings (SSSR count). The smallest absolute Gasteiger partial charge is 0.335 e. The van der Waals surface area contributed by atoms with E-state index in [1.54, 1.807) is 36.4 Å². The van der Waals surface area contributed by atoms with Crippen LogP contribution in [-0.2, 0) is 9.59 Å². The van der Waals surface area contributed by atoms with Gasteiger partial charge in [0.1, 0.15) is 5.57 Å². The van der Waals surface area contributed by atoms with Crippen molar-refractivity contribution in [2.24, 2.45) is 0 Å². The van der Waals surface area contributed by atoms with E-state index in [4.69, 9.17) is 21.1 Å². The number of rotatable bonds is 5. The molecule has 0 bridgehead atoms. The van der Waals surface area contributed by atoms with Crippen molar-refractivity contribution in [2.75, 3.05) is 12.0 Å². The van der Waals surface area contributed by atoms with Gasteiger partial charge in [0.2, 0.25) is 0 Å². The summed E-state index contributed by atoms with van der Waals surface area (Å²) in [5.74, 6) is -0.564. The van der Waals surface area contributed by atoms with E-state index >= 15 is 0 Å². The van der Waals surface area contributed by atoms with Crippen molar-refractivity contribution < 1.29 is 23.9 Å². The summed E-state index contributed by atoms with van der Waals surface area (Å²) in [4.78, 5) is 38.3. The standard InChI is InChI=1S/C21H19ClN2O5/c1-12(2)29-17-9-8-13(11-18(17)28-3)10-14-19(25)23-21(27)24(20(14)26)16-7-5-4-6-15(16)22/h4-12H,1-3H3,(H,23,25,27)/b14-10+. The van der Waals surface area contributed by atoms with Gasteiger partial charge in [-0.15, -0.1) is 0 Å². The number of para-hydroxylation sites is 1. The molecule has 2 aromatic rings. The second-order valence-corrected chi connectivity index (χ2v) is 6.89. The summed E-state index contributed by atoms with van der Waals surface area (Å²) >= 11 is 6.12. The van der Waals surface area contributed by atoms with Crippen LogP contribution in [0.3, 0.4) is 0 Å². The van der Waals surface area contributed by atoms with Gasteiger partial charge in [0, 0.05) is 0 Å². The fourth-order valence-corrected chi connectivity index (χ4v) is 3.02. The van der Waals surface area contributed by atoms with Crippen molar-refractivity contribution in [3.8, 4) is 11.5 Å². The van der Waals surface area contributed by atoms with Crippen molar-refractivity contribution >= 4 is 41.2 Å². The summed E-state index contributed by atoms with van der Waals surface area (Å²) < 4.78 is 11.0. The quantitative estimate of drug-likeness (QED) is 0.594. The molecule has 1 heterocycles. The maximum Gasteiger partial charge on any atom is 0.335 e. The van der Waals surface area contributed by atoms with E-state index in [0.717, 1.165) is 4.90 Å². The molecule has 0 spiro atoms. The van der Waals surface area contributed by atoms with Gasteiger partial charge in [0.15, 0.2) is 11.5 Å². The molecule has 1 saturated heterocycles. The van der Waals surface area contributed by atoms with Crippen LogP contribution in [0.4, 0.5) is 10.5 Å². The van der Waals surface area contributed by atoms with E-state index in [1.165, 1.54) is 19.3 Å². The highest BCUT2D eigenvalue weighted by atomic mass is 35.5. The number of nitrogens with zero attached hydrogens (tertiary/aromatic N) is 1. The van der Waals surface area contributed by atoms with Crippen molar-refractivity contribution in [1.29, 1.82) is 0 Å². The number of anilines is 1. The SMILES string of the molecule is COc1cc(/C=C2\C(=O)NC(=O)N(c3ccccc3Cl)C2=O)ccc1OC(C)C. The Morgan fingerprint density at radius 2 is 1.79 bits per heavy atom. The Morgan fingerprint density at radius 3 is 2.45 bits per heavy atom. The molecule has 0 atom stereocenters. The van der Waals surface area contributed by atoms with Crippen LogP contribution in [0, 0.1) is 0 Å². The molecule has 29 heavy (non-hydrogen) atoms. The zero-order valence-corrected chi connectivity index (χ0v) is 16.8. The molecule has 1 fully saturated rings. The van der Waals surface area contributed by atoms with Crippen LogP contribution in [0.5, 0.6) is 11.5 Å². The van der Waals surface area contributed by atoms with Crippen molar-refractivity contribution in [2.45, 2.75) is 20.0 Å². The van der Waals surface area contributed by atoms with E-state index in [-0.39, 0.29) is 22.4 Å². The van der Waals surface area contributed by atoms with Crippen molar-refractivity contribution in [3.05, 3.63) is 58.6 Å². The number of barbiturate groups is 1. The van der Waals surface area contributed by atoms with Crippen LogP contribution in [0.2, 0.25) is 5.02 Å². The molecule has 0 aromatic heterocycles. The number of carbonyl (C=O) groups is 3. The second-order valence-electron chi connectivity index (χ2n) is 6.49. The summed E-state index contributed by atoms with van der Waals surface area (Å²) in [6.07, 6.45) is 1.34. The summed E-state index contributed by atoms with van der Waals surface area (Å²) in [6, 6.07) is 10.5. The third-order valence-electron chi connectivity index (χ3n) is 4.06. The molecule has 0 aliphatic carbocycles. The second kappa shape index (κ2) is 8.36. The van der Waals surface area contributed by atoms with Crippen LogP contribution in [0.25, 0.3) is 6.08 Å². The molecule has 0 radical (unpaired) electrons. The molecule has 0 unspecified atom stereocenters. The number of hydrogen-bond acceptors (Lipinski definition) is 5. The monoisotopic (exact) mass is 414 g/mol. The number of benzene rings is 2.